The number of benzene rings is 3. The van der Waals surface area contributed by atoms with Crippen LogP contribution in [0.25, 0.3) is 0 Å². The number of hydrogen-bond donors (Lipinski definition) is 5. The first kappa shape index (κ1) is 40.1. The fraction of sp³-hybridized carbons (Fsp3) is 0.429. The van der Waals surface area contributed by atoms with Crippen LogP contribution in [-0.4, -0.2) is 96.9 Å². The minimum absolute atomic E-state index is 0.175. The molecule has 1 unspecified atom stereocenters. The molecule has 3 saturated heterocycles. The maximum atomic E-state index is 12.9. The normalized spacial score (nSPS) is 18.9. The van der Waals surface area contributed by atoms with Gasteiger partial charge in [0.25, 0.3) is 0 Å². The average molecular weight is 795 g/mol. The van der Waals surface area contributed by atoms with Crippen LogP contribution in [0.4, 0.5) is 34.5 Å². The van der Waals surface area contributed by atoms with E-state index >= 15 is 0 Å². The Morgan fingerprint density at radius 1 is 0.825 bits per heavy atom. The molecular weight excluding hydrogens is 741 g/mol. The quantitative estimate of drug-likeness (QED) is 0.117. The molecular formula is C42H54N10O4S. The minimum Gasteiger partial charge on any atom is -0.374 e. The number of carbonyl (C=O) groups is 2. The summed E-state index contributed by atoms with van der Waals surface area (Å²) in [6, 6.07) is 23.5. The second kappa shape index (κ2) is 17.2. The summed E-state index contributed by atoms with van der Waals surface area (Å²) < 4.78 is 28.5. The number of hydrogen-bond acceptors (Lipinski definition) is 12. The number of aromatic nitrogens is 2. The zero-order valence-electron chi connectivity index (χ0n) is 33.2. The van der Waals surface area contributed by atoms with Crippen molar-refractivity contribution >= 4 is 56.4 Å². The van der Waals surface area contributed by atoms with Crippen LogP contribution in [0.3, 0.4) is 0 Å². The van der Waals surface area contributed by atoms with E-state index in [0.29, 0.717) is 36.3 Å². The van der Waals surface area contributed by atoms with Gasteiger partial charge in [-0.3, -0.25) is 24.7 Å². The van der Waals surface area contributed by atoms with Crippen molar-refractivity contribution in [3.8, 4) is 0 Å². The van der Waals surface area contributed by atoms with Crippen LogP contribution in [0.15, 0.2) is 83.9 Å². The lowest BCUT2D eigenvalue weighted by atomic mass is 10.0. The van der Waals surface area contributed by atoms with E-state index in [-0.39, 0.29) is 22.8 Å². The molecule has 0 spiro atoms. The van der Waals surface area contributed by atoms with Crippen molar-refractivity contribution < 1.29 is 18.0 Å². The lowest BCUT2D eigenvalue weighted by Gasteiger charge is -2.43. The van der Waals surface area contributed by atoms with Crippen LogP contribution in [-0.2, 0) is 26.2 Å². The number of amides is 2. The third kappa shape index (κ3) is 10.7. The molecule has 3 aliphatic rings. The number of nitrogens with zero attached hydrogens (tertiary/aromatic N) is 5. The molecule has 15 heteroatoms. The van der Waals surface area contributed by atoms with Crippen molar-refractivity contribution in [1.82, 2.24) is 29.8 Å². The summed E-state index contributed by atoms with van der Waals surface area (Å²) in [5.41, 5.74) is 5.03. The van der Waals surface area contributed by atoms with E-state index in [4.69, 9.17) is 4.98 Å². The number of aryl methyl sites for hydroxylation is 1. The van der Waals surface area contributed by atoms with Crippen molar-refractivity contribution in [3.05, 3.63) is 90.1 Å². The second-order valence-corrected chi connectivity index (χ2v) is 18.0. The summed E-state index contributed by atoms with van der Waals surface area (Å²) in [4.78, 5) is 40.7. The molecule has 2 amide bonds. The van der Waals surface area contributed by atoms with Crippen molar-refractivity contribution in [2.75, 3.05) is 60.1 Å². The van der Waals surface area contributed by atoms with Crippen LogP contribution in [0.5, 0.6) is 0 Å². The molecule has 3 aliphatic heterocycles. The predicted molar refractivity (Wildman–Crippen MR) is 225 cm³/mol. The highest BCUT2D eigenvalue weighted by Crippen LogP contribution is 2.28. The van der Waals surface area contributed by atoms with E-state index in [1.165, 1.54) is 11.3 Å². The number of nitrogens with one attached hydrogen (secondary N) is 5. The lowest BCUT2D eigenvalue weighted by molar-refractivity contribution is -0.133. The average Bonchev–Trinajstić information content (AvgIpc) is 3.17. The van der Waals surface area contributed by atoms with E-state index in [9.17, 15) is 18.0 Å². The highest BCUT2D eigenvalue weighted by atomic mass is 32.2. The Bertz CT molecular complexity index is 2160. The Hall–Kier alpha value is -5.09. The summed E-state index contributed by atoms with van der Waals surface area (Å²) >= 11 is 0. The Labute approximate surface area is 335 Å². The summed E-state index contributed by atoms with van der Waals surface area (Å²) in [6.07, 6.45) is 4.87. The fourth-order valence-corrected chi connectivity index (χ4v) is 9.14. The topological polar surface area (TPSA) is 164 Å². The Morgan fingerprint density at radius 2 is 1.54 bits per heavy atom. The van der Waals surface area contributed by atoms with Gasteiger partial charge in [-0.1, -0.05) is 18.2 Å². The molecule has 1 atom stereocenters. The number of piperidine rings is 2. The lowest BCUT2D eigenvalue weighted by Crippen LogP contribution is -2.53. The van der Waals surface area contributed by atoms with Crippen molar-refractivity contribution in [2.45, 2.75) is 82.4 Å². The van der Waals surface area contributed by atoms with Crippen LogP contribution in [0.1, 0.15) is 57.6 Å². The zero-order valence-corrected chi connectivity index (χ0v) is 34.0. The third-order valence-corrected chi connectivity index (χ3v) is 12.4. The van der Waals surface area contributed by atoms with E-state index in [0.717, 1.165) is 75.6 Å². The van der Waals surface area contributed by atoms with E-state index in [1.807, 2.05) is 58.0 Å². The molecule has 5 N–H and O–H groups in total. The van der Waals surface area contributed by atoms with E-state index in [1.54, 1.807) is 24.4 Å². The molecule has 0 radical (unpaired) electrons. The van der Waals surface area contributed by atoms with Crippen LogP contribution in [0, 0.1) is 6.92 Å². The number of rotatable bonds is 12. The maximum Gasteiger partial charge on any atom is 0.249 e. The van der Waals surface area contributed by atoms with Crippen molar-refractivity contribution in [1.29, 1.82) is 0 Å². The number of anilines is 6. The third-order valence-electron chi connectivity index (χ3n) is 10.6. The van der Waals surface area contributed by atoms with Gasteiger partial charge in [0.1, 0.15) is 11.9 Å². The van der Waals surface area contributed by atoms with Crippen LogP contribution >= 0.6 is 0 Å². The monoisotopic (exact) mass is 794 g/mol. The molecule has 57 heavy (non-hydrogen) atoms. The standard InChI is InChI=1S/C42H54N10O4S/c1-29-27-43-41(48-39(29)45-33-9-6-10-36(26-33)57(55,56)49-42(2,3)4)46-31-11-13-34(14-12-31)51-19-17-35(18-20-51)52-23-21-50(22-24-52)28-30-7-5-8-32(25-30)44-37-15-16-38(53)47-40(37)54/h5-14,25-27,35,37,44,49H,15-24,28H2,1-4H3,(H,47,53,54)(H2,43,45,46,48). The van der Waals surface area contributed by atoms with Gasteiger partial charge in [0.15, 0.2) is 0 Å². The molecule has 7 rings (SSSR count). The molecule has 0 aliphatic carbocycles. The molecule has 0 bridgehead atoms. The van der Waals surface area contributed by atoms with Gasteiger partial charge in [-0.15, -0.1) is 0 Å². The van der Waals surface area contributed by atoms with Gasteiger partial charge in [-0.05, 0) is 107 Å². The van der Waals surface area contributed by atoms with Gasteiger partial charge in [-0.2, -0.15) is 4.98 Å². The summed E-state index contributed by atoms with van der Waals surface area (Å²) in [5.74, 6) is 0.559. The van der Waals surface area contributed by atoms with Crippen molar-refractivity contribution in [3.63, 3.8) is 0 Å². The van der Waals surface area contributed by atoms with Gasteiger partial charge < -0.3 is 20.9 Å². The van der Waals surface area contributed by atoms with Gasteiger partial charge in [0.05, 0.1) is 4.90 Å². The van der Waals surface area contributed by atoms with Gasteiger partial charge >= 0.3 is 0 Å². The Kier molecular flexibility index (Phi) is 12.1. The SMILES string of the molecule is Cc1cnc(Nc2ccc(N3CCC(N4CCN(Cc5cccc(NC6CCC(=O)NC6=O)c5)CC4)CC3)cc2)nc1Nc1cccc(S(=O)(=O)NC(C)(C)C)c1. The molecule has 3 aromatic carbocycles. The smallest absolute Gasteiger partial charge is 0.249 e. The second-order valence-electron chi connectivity index (χ2n) is 16.3. The first-order valence-electron chi connectivity index (χ1n) is 19.8. The van der Waals surface area contributed by atoms with Gasteiger partial charge in [-0.25, -0.2) is 18.1 Å². The van der Waals surface area contributed by atoms with E-state index < -0.39 is 15.6 Å². The first-order chi connectivity index (χ1) is 27.3. The molecule has 4 heterocycles. The molecule has 14 nitrogen and oxygen atoms in total. The van der Waals surface area contributed by atoms with Gasteiger partial charge in [0, 0.05) is 98.3 Å². The van der Waals surface area contributed by atoms with Crippen molar-refractivity contribution in [2.24, 2.45) is 0 Å². The summed E-state index contributed by atoms with van der Waals surface area (Å²) in [5, 5.41) is 12.3. The maximum absolute atomic E-state index is 12.9. The number of piperazine rings is 1. The summed E-state index contributed by atoms with van der Waals surface area (Å²) in [7, 11) is -3.69. The molecule has 302 valence electrons. The molecule has 3 fully saturated rings. The highest BCUT2D eigenvalue weighted by Gasteiger charge is 2.29. The number of carbonyl (C=O) groups excluding carboxylic acids is 2. The number of sulfonamides is 1. The summed E-state index contributed by atoms with van der Waals surface area (Å²) in [6.45, 7) is 14.4. The minimum atomic E-state index is -3.69. The van der Waals surface area contributed by atoms with Gasteiger partial charge in [0.2, 0.25) is 27.8 Å². The van der Waals surface area contributed by atoms with E-state index in [2.05, 4.69) is 69.9 Å². The first-order valence-corrected chi connectivity index (χ1v) is 21.3. The Balaban J connectivity index is 0.866. The molecule has 0 saturated carbocycles. The van der Waals surface area contributed by atoms with Crippen LogP contribution < -0.4 is 30.9 Å². The Morgan fingerprint density at radius 3 is 2.26 bits per heavy atom. The fourth-order valence-electron chi connectivity index (χ4n) is 7.68. The zero-order chi connectivity index (χ0) is 40.2. The largest absolute Gasteiger partial charge is 0.374 e. The molecule has 1 aromatic heterocycles. The predicted octanol–water partition coefficient (Wildman–Crippen LogP) is 5.35. The highest BCUT2D eigenvalue weighted by molar-refractivity contribution is 7.89. The molecule has 4 aromatic rings. The number of imide groups is 1. The van der Waals surface area contributed by atoms with Crippen LogP contribution in [0.2, 0.25) is 0 Å².